The summed E-state index contributed by atoms with van der Waals surface area (Å²) in [6.45, 7) is 1.92. The molecule has 0 aromatic carbocycles. The Labute approximate surface area is 69.9 Å². The summed E-state index contributed by atoms with van der Waals surface area (Å²) in [5, 5.41) is 0.250. The van der Waals surface area contributed by atoms with E-state index < -0.39 is 11.4 Å². The zero-order valence-corrected chi connectivity index (χ0v) is 7.46. The van der Waals surface area contributed by atoms with Gasteiger partial charge in [-0.2, -0.15) is 0 Å². The van der Waals surface area contributed by atoms with Crippen molar-refractivity contribution in [1.29, 1.82) is 0 Å². The van der Waals surface area contributed by atoms with Crippen LogP contribution >= 0.6 is 11.6 Å². The first-order valence-corrected chi connectivity index (χ1v) is 5.35. The van der Waals surface area contributed by atoms with Gasteiger partial charge in [0.15, 0.2) is 5.21 Å². The topological polar surface area (TPSA) is 26.3 Å². The maximum absolute atomic E-state index is 11.1. The van der Waals surface area contributed by atoms with E-state index in [0.717, 1.165) is 13.1 Å². The molecule has 1 unspecified atom stereocenters. The Morgan fingerprint density at radius 3 is 2.40 bits per heavy atom. The second kappa shape index (κ2) is 4.44. The average Bonchev–Trinajstić information content (AvgIpc) is 2.05. The molecule has 1 aliphatic rings. The molecule has 1 fully saturated rings. The third-order valence-corrected chi connectivity index (χ3v) is 3.38. The van der Waals surface area contributed by atoms with Crippen molar-refractivity contribution in [2.45, 2.75) is 19.3 Å². The van der Waals surface area contributed by atoms with Gasteiger partial charge in [0.2, 0.25) is 0 Å². The van der Waals surface area contributed by atoms with Gasteiger partial charge in [0.25, 0.3) is 0 Å². The van der Waals surface area contributed by atoms with Gasteiger partial charge in [-0.05, 0) is 12.8 Å². The van der Waals surface area contributed by atoms with Gasteiger partial charge in [0.1, 0.15) is 0 Å². The molecule has 1 heterocycles. The van der Waals surface area contributed by atoms with Crippen LogP contribution in [0.1, 0.15) is 19.3 Å². The van der Waals surface area contributed by atoms with E-state index in [9.17, 15) is 4.55 Å². The van der Waals surface area contributed by atoms with Crippen molar-refractivity contribution >= 4 is 23.0 Å². The molecule has 10 heavy (non-hydrogen) atoms. The molecule has 1 saturated heterocycles. The van der Waals surface area contributed by atoms with Crippen molar-refractivity contribution in [3.8, 4) is 0 Å². The SMILES string of the molecule is [O-][S+](CCl)N1CCCCC1. The van der Waals surface area contributed by atoms with Gasteiger partial charge in [-0.1, -0.05) is 18.0 Å². The van der Waals surface area contributed by atoms with Crippen molar-refractivity contribution in [2.75, 3.05) is 18.3 Å². The van der Waals surface area contributed by atoms with Crippen LogP contribution in [-0.2, 0) is 11.4 Å². The fourth-order valence-electron chi connectivity index (χ4n) is 1.14. The molecule has 0 saturated carbocycles. The molecule has 0 N–H and O–H groups in total. The van der Waals surface area contributed by atoms with Gasteiger partial charge in [-0.25, -0.2) is 0 Å². The number of hydrogen-bond acceptors (Lipinski definition) is 2. The van der Waals surface area contributed by atoms with Crippen LogP contribution in [0.25, 0.3) is 0 Å². The first kappa shape index (κ1) is 8.65. The van der Waals surface area contributed by atoms with Crippen molar-refractivity contribution < 1.29 is 4.55 Å². The van der Waals surface area contributed by atoms with Gasteiger partial charge in [0.05, 0.1) is 11.4 Å². The molecule has 0 aromatic rings. The fraction of sp³-hybridized carbons (Fsp3) is 1.00. The number of halogens is 1. The summed E-state index contributed by atoms with van der Waals surface area (Å²) in [6.07, 6.45) is 3.61. The largest absolute Gasteiger partial charge is 0.597 e. The Balaban J connectivity index is 2.24. The molecule has 0 radical (unpaired) electrons. The van der Waals surface area contributed by atoms with Crippen LogP contribution < -0.4 is 0 Å². The molecule has 0 bridgehead atoms. The number of piperidine rings is 1. The van der Waals surface area contributed by atoms with E-state index in [1.54, 1.807) is 0 Å². The van der Waals surface area contributed by atoms with E-state index in [0.29, 0.717) is 0 Å². The first-order valence-electron chi connectivity index (χ1n) is 3.54. The average molecular weight is 182 g/mol. The van der Waals surface area contributed by atoms with Crippen molar-refractivity contribution in [3.63, 3.8) is 0 Å². The Morgan fingerprint density at radius 1 is 1.30 bits per heavy atom. The third-order valence-electron chi connectivity index (χ3n) is 1.70. The maximum Gasteiger partial charge on any atom is 0.198 e. The van der Waals surface area contributed by atoms with Gasteiger partial charge in [-0.3, -0.25) is 0 Å². The zero-order valence-electron chi connectivity index (χ0n) is 5.88. The molecule has 1 atom stereocenters. The molecular formula is C6H12ClNOS. The summed E-state index contributed by atoms with van der Waals surface area (Å²) in [7, 11) is 0. The normalized spacial score (nSPS) is 24.6. The monoisotopic (exact) mass is 181 g/mol. The minimum absolute atomic E-state index is 0.250. The number of alkyl halides is 1. The van der Waals surface area contributed by atoms with Crippen molar-refractivity contribution in [1.82, 2.24) is 4.31 Å². The summed E-state index contributed by atoms with van der Waals surface area (Å²) >= 11 is 4.53. The molecule has 0 aliphatic carbocycles. The smallest absolute Gasteiger partial charge is 0.198 e. The van der Waals surface area contributed by atoms with Crippen LogP contribution in [-0.4, -0.2) is 27.2 Å². The molecule has 0 spiro atoms. The van der Waals surface area contributed by atoms with E-state index in [2.05, 4.69) is 0 Å². The fourth-order valence-corrected chi connectivity index (χ4v) is 2.36. The van der Waals surface area contributed by atoms with E-state index >= 15 is 0 Å². The number of rotatable bonds is 2. The highest BCUT2D eigenvalue weighted by Gasteiger charge is 2.20. The minimum Gasteiger partial charge on any atom is -0.597 e. The Kier molecular flexibility index (Phi) is 3.84. The van der Waals surface area contributed by atoms with Crippen LogP contribution in [0.5, 0.6) is 0 Å². The summed E-state index contributed by atoms with van der Waals surface area (Å²) in [6, 6.07) is 0. The lowest BCUT2D eigenvalue weighted by molar-refractivity contribution is 0.348. The summed E-state index contributed by atoms with van der Waals surface area (Å²) in [5.41, 5.74) is 0. The lowest BCUT2D eigenvalue weighted by Gasteiger charge is -2.25. The molecule has 0 aromatic heterocycles. The molecule has 4 heteroatoms. The second-order valence-corrected chi connectivity index (χ2v) is 4.45. The summed E-state index contributed by atoms with van der Waals surface area (Å²) in [4.78, 5) is 0. The highest BCUT2D eigenvalue weighted by Crippen LogP contribution is 2.13. The van der Waals surface area contributed by atoms with E-state index in [1.807, 2.05) is 4.31 Å². The summed E-state index contributed by atoms with van der Waals surface area (Å²) < 4.78 is 13.0. The quantitative estimate of drug-likeness (QED) is 0.475. The number of hydrogen-bond donors (Lipinski definition) is 0. The van der Waals surface area contributed by atoms with Crippen LogP contribution in [0.2, 0.25) is 0 Å². The van der Waals surface area contributed by atoms with Crippen molar-refractivity contribution in [3.05, 3.63) is 0 Å². The molecule has 1 rings (SSSR count). The lowest BCUT2D eigenvalue weighted by Crippen LogP contribution is -2.36. The van der Waals surface area contributed by atoms with E-state index in [4.69, 9.17) is 11.6 Å². The Bertz CT molecular complexity index is 97.7. The number of nitrogens with zero attached hydrogens (tertiary/aromatic N) is 1. The highest BCUT2D eigenvalue weighted by molar-refractivity contribution is 7.90. The molecule has 60 valence electrons. The van der Waals surface area contributed by atoms with Crippen LogP contribution in [0.4, 0.5) is 0 Å². The van der Waals surface area contributed by atoms with Gasteiger partial charge in [-0.15, -0.1) is 4.31 Å². The van der Waals surface area contributed by atoms with Crippen LogP contribution in [0, 0.1) is 0 Å². The minimum atomic E-state index is -0.915. The predicted molar refractivity (Wildman–Crippen MR) is 44.3 cm³/mol. The van der Waals surface area contributed by atoms with E-state index in [-0.39, 0.29) is 5.21 Å². The van der Waals surface area contributed by atoms with Gasteiger partial charge >= 0.3 is 0 Å². The van der Waals surface area contributed by atoms with Gasteiger partial charge < -0.3 is 4.55 Å². The van der Waals surface area contributed by atoms with Gasteiger partial charge in [0, 0.05) is 13.1 Å². The standard InChI is InChI=1S/C6H12ClNOS/c7-6-10(9)8-4-2-1-3-5-8/h1-6H2. The lowest BCUT2D eigenvalue weighted by atomic mass is 10.2. The zero-order chi connectivity index (χ0) is 7.40. The summed E-state index contributed by atoms with van der Waals surface area (Å²) in [5.74, 6) is 0. The molecule has 2 nitrogen and oxygen atoms in total. The predicted octanol–water partition coefficient (Wildman–Crippen LogP) is 1.33. The maximum atomic E-state index is 11.1. The second-order valence-electron chi connectivity index (χ2n) is 2.42. The highest BCUT2D eigenvalue weighted by atomic mass is 35.5. The van der Waals surface area contributed by atoms with Crippen molar-refractivity contribution in [2.24, 2.45) is 0 Å². The molecule has 1 aliphatic heterocycles. The van der Waals surface area contributed by atoms with Crippen LogP contribution in [0.3, 0.4) is 0 Å². The molecular weight excluding hydrogens is 170 g/mol. The first-order chi connectivity index (χ1) is 4.84. The van der Waals surface area contributed by atoms with E-state index in [1.165, 1.54) is 19.3 Å². The third kappa shape index (κ3) is 2.31. The Hall–Kier alpha value is 0.560. The van der Waals surface area contributed by atoms with Crippen LogP contribution in [0.15, 0.2) is 0 Å². The Morgan fingerprint density at radius 2 is 1.90 bits per heavy atom. The molecule has 0 amide bonds.